The fourth-order valence-corrected chi connectivity index (χ4v) is 4.06. The number of H-pyrrole nitrogens is 1. The summed E-state index contributed by atoms with van der Waals surface area (Å²) >= 11 is 0. The topological polar surface area (TPSA) is 133 Å². The Morgan fingerprint density at radius 2 is 1.73 bits per heavy atom. The van der Waals surface area contributed by atoms with Gasteiger partial charge in [0.25, 0.3) is 5.56 Å². The fourth-order valence-electron chi connectivity index (χ4n) is 4.06. The van der Waals surface area contributed by atoms with Gasteiger partial charge in [0.2, 0.25) is 11.4 Å². The largest absolute Gasteiger partial charge is 0.455 e. The van der Waals surface area contributed by atoms with E-state index in [0.29, 0.717) is 6.20 Å². The van der Waals surface area contributed by atoms with Crippen LogP contribution in [0.15, 0.2) is 76.4 Å². The van der Waals surface area contributed by atoms with Gasteiger partial charge in [-0.15, -0.1) is 0 Å². The van der Waals surface area contributed by atoms with E-state index in [4.69, 9.17) is 18.9 Å². The van der Waals surface area contributed by atoms with Crippen molar-refractivity contribution in [3.8, 4) is 6.07 Å². The summed E-state index contributed by atoms with van der Waals surface area (Å²) in [4.78, 5) is 38.0. The number of nitriles is 1. The van der Waals surface area contributed by atoms with Crippen LogP contribution in [0.4, 0.5) is 4.39 Å². The van der Waals surface area contributed by atoms with Gasteiger partial charge in [-0.3, -0.25) is 19.1 Å². The van der Waals surface area contributed by atoms with E-state index in [1.165, 1.54) is 0 Å². The minimum absolute atomic E-state index is 0.0103. The zero-order chi connectivity index (χ0) is 26.4. The van der Waals surface area contributed by atoms with Crippen LogP contribution >= 0.6 is 0 Å². The second-order valence-corrected chi connectivity index (χ2v) is 8.42. The maximum absolute atomic E-state index is 14.1. The number of carbonyl (C=O) groups excluding carboxylic acids is 1. The summed E-state index contributed by atoms with van der Waals surface area (Å²) < 4.78 is 38.2. The maximum Gasteiger partial charge on any atom is 0.330 e. The second-order valence-electron chi connectivity index (χ2n) is 8.42. The Bertz CT molecular complexity index is 1390. The molecule has 1 fully saturated rings. The van der Waals surface area contributed by atoms with Crippen LogP contribution in [0.5, 0.6) is 0 Å². The second kappa shape index (κ2) is 11.3. The number of ether oxygens (including phenoxy) is 4. The minimum atomic E-state index is -1.86. The van der Waals surface area contributed by atoms with Crippen LogP contribution in [0.25, 0.3) is 0 Å². The summed E-state index contributed by atoms with van der Waals surface area (Å²) in [6, 6.07) is 20.3. The molecule has 1 N–H and O–H groups in total. The normalized spacial score (nSPS) is 22.9. The van der Waals surface area contributed by atoms with Crippen LogP contribution in [-0.4, -0.2) is 39.9 Å². The molecule has 1 aliphatic rings. The lowest BCUT2D eigenvalue weighted by atomic mass is 9.97. The van der Waals surface area contributed by atoms with Gasteiger partial charge in [0.15, 0.2) is 12.3 Å². The number of benzene rings is 2. The molecule has 2 aromatic carbocycles. The number of aromatic amines is 1. The third kappa shape index (κ3) is 5.83. The van der Waals surface area contributed by atoms with E-state index in [-0.39, 0.29) is 19.8 Å². The molecule has 4 rings (SSSR count). The monoisotopic (exact) mass is 509 g/mol. The van der Waals surface area contributed by atoms with Crippen LogP contribution in [0.2, 0.25) is 0 Å². The molecular weight excluding hydrogens is 485 g/mol. The Kier molecular flexibility index (Phi) is 7.93. The first-order chi connectivity index (χ1) is 17.8. The highest BCUT2D eigenvalue weighted by molar-refractivity contribution is 5.66. The first kappa shape index (κ1) is 26.0. The van der Waals surface area contributed by atoms with Crippen LogP contribution < -0.4 is 11.2 Å². The molecule has 0 amide bonds. The van der Waals surface area contributed by atoms with Crippen molar-refractivity contribution >= 4 is 5.97 Å². The van der Waals surface area contributed by atoms with Crippen LogP contribution in [0, 0.1) is 17.1 Å². The van der Waals surface area contributed by atoms with E-state index in [1.54, 1.807) is 24.3 Å². The molecule has 0 spiro atoms. The Labute approximate surface area is 210 Å². The van der Waals surface area contributed by atoms with Gasteiger partial charge in [-0.2, -0.15) is 9.65 Å². The Balaban J connectivity index is 1.71. The van der Waals surface area contributed by atoms with E-state index in [0.717, 1.165) is 22.6 Å². The molecule has 192 valence electrons. The predicted octanol–water partition coefficient (Wildman–Crippen LogP) is 2.20. The van der Waals surface area contributed by atoms with Crippen LogP contribution in [0.1, 0.15) is 24.3 Å². The lowest BCUT2D eigenvalue weighted by Gasteiger charge is -2.28. The average Bonchev–Trinajstić information content (AvgIpc) is 3.18. The summed E-state index contributed by atoms with van der Waals surface area (Å²) in [6.07, 6.45) is -3.47. The molecule has 0 aliphatic carbocycles. The lowest BCUT2D eigenvalue weighted by Crippen LogP contribution is -2.48. The van der Waals surface area contributed by atoms with E-state index in [1.807, 2.05) is 41.4 Å². The zero-order valence-corrected chi connectivity index (χ0v) is 19.8. The van der Waals surface area contributed by atoms with E-state index < -0.39 is 47.1 Å². The molecule has 0 bridgehead atoms. The van der Waals surface area contributed by atoms with Crippen molar-refractivity contribution in [1.29, 1.82) is 5.26 Å². The molecule has 11 heteroatoms. The molecule has 4 unspecified atom stereocenters. The number of aromatic nitrogens is 2. The number of halogens is 1. The molecule has 0 radical (unpaired) electrons. The molecular formula is C26H24FN3O7. The molecule has 1 saturated heterocycles. The first-order valence-corrected chi connectivity index (χ1v) is 11.4. The van der Waals surface area contributed by atoms with Gasteiger partial charge < -0.3 is 18.9 Å². The van der Waals surface area contributed by atoms with Crippen LogP contribution in [0.3, 0.4) is 0 Å². The highest BCUT2D eigenvalue weighted by Crippen LogP contribution is 2.41. The predicted molar refractivity (Wildman–Crippen MR) is 126 cm³/mol. The molecule has 2 heterocycles. The van der Waals surface area contributed by atoms with Gasteiger partial charge in [0, 0.05) is 6.92 Å². The van der Waals surface area contributed by atoms with Crippen molar-refractivity contribution in [3.63, 3.8) is 0 Å². The average molecular weight is 509 g/mol. The summed E-state index contributed by atoms with van der Waals surface area (Å²) in [5.41, 5.74) is -2.51. The van der Waals surface area contributed by atoms with Crippen molar-refractivity contribution in [3.05, 3.63) is 105 Å². The number of esters is 1. The van der Waals surface area contributed by atoms with E-state index in [2.05, 4.69) is 6.07 Å². The lowest BCUT2D eigenvalue weighted by molar-refractivity contribution is -0.158. The summed E-state index contributed by atoms with van der Waals surface area (Å²) in [5.74, 6) is -2.01. The van der Waals surface area contributed by atoms with Gasteiger partial charge in [0.1, 0.15) is 12.2 Å². The van der Waals surface area contributed by atoms with Crippen molar-refractivity contribution in [2.24, 2.45) is 0 Å². The number of hydrogen-bond acceptors (Lipinski definition) is 8. The number of hydrogen-bond donors (Lipinski definition) is 1. The highest BCUT2D eigenvalue weighted by Gasteiger charge is 2.60. The smallest absolute Gasteiger partial charge is 0.330 e. The molecule has 10 nitrogen and oxygen atoms in total. The number of nitrogens with one attached hydrogen (secondary N) is 1. The Hall–Kier alpha value is -4.11. The molecule has 0 saturated carbocycles. The highest BCUT2D eigenvalue weighted by atomic mass is 19.1. The van der Waals surface area contributed by atoms with Gasteiger partial charge in [-0.25, -0.2) is 4.79 Å². The number of nitrogens with zero attached hydrogens (tertiary/aromatic N) is 2. The van der Waals surface area contributed by atoms with Gasteiger partial charge in [-0.05, 0) is 11.1 Å². The molecule has 1 aliphatic heterocycles. The molecule has 1 aromatic heterocycles. The number of rotatable bonds is 9. The first-order valence-electron chi connectivity index (χ1n) is 11.4. The van der Waals surface area contributed by atoms with E-state index in [9.17, 15) is 24.0 Å². The maximum atomic E-state index is 14.1. The minimum Gasteiger partial charge on any atom is -0.455 e. The third-order valence-electron chi connectivity index (χ3n) is 5.76. The third-order valence-corrected chi connectivity index (χ3v) is 5.76. The quantitative estimate of drug-likeness (QED) is 0.434. The fraction of sp³-hybridized carbons (Fsp3) is 0.308. The SMILES string of the molecule is CC(=O)OC1C(n2cc(F)c(=O)[nH]c2=O)OC(C#N)(COCc2ccccc2)C1OCc1ccccc1. The van der Waals surface area contributed by atoms with Gasteiger partial charge in [-0.1, -0.05) is 60.7 Å². The standard InChI is InChI=1S/C26H24FN3O7/c1-17(31)36-21-22(35-14-19-10-6-3-7-11-19)26(15-28,16-34-13-18-8-4-2-5-9-18)37-24(21)30-12-20(27)23(32)29-25(30)33/h2-12,21-22,24H,13-14,16H2,1H3,(H,29,32,33). The van der Waals surface area contributed by atoms with Crippen LogP contribution in [-0.2, 0) is 37.0 Å². The van der Waals surface area contributed by atoms with Gasteiger partial charge >= 0.3 is 11.7 Å². The van der Waals surface area contributed by atoms with Crippen molar-refractivity contribution in [2.45, 2.75) is 44.2 Å². The van der Waals surface area contributed by atoms with E-state index >= 15 is 0 Å². The summed E-state index contributed by atoms with van der Waals surface area (Å²) in [6.45, 7) is 0.956. The molecule has 37 heavy (non-hydrogen) atoms. The van der Waals surface area contributed by atoms with Crippen molar-refractivity contribution in [1.82, 2.24) is 9.55 Å². The summed E-state index contributed by atoms with van der Waals surface area (Å²) in [5, 5.41) is 10.3. The summed E-state index contributed by atoms with van der Waals surface area (Å²) in [7, 11) is 0. The zero-order valence-electron chi connectivity index (χ0n) is 19.8. The number of carbonyl (C=O) groups is 1. The van der Waals surface area contributed by atoms with Crippen molar-refractivity contribution < 1.29 is 28.1 Å². The Morgan fingerprint density at radius 3 is 2.32 bits per heavy atom. The van der Waals surface area contributed by atoms with Gasteiger partial charge in [0.05, 0.1) is 26.0 Å². The molecule has 3 aromatic rings. The van der Waals surface area contributed by atoms with Crippen molar-refractivity contribution in [2.75, 3.05) is 6.61 Å². The Morgan fingerprint density at radius 1 is 1.11 bits per heavy atom. The molecule has 4 atom stereocenters.